The van der Waals surface area contributed by atoms with Gasteiger partial charge in [0.05, 0.1) is 11.9 Å². The van der Waals surface area contributed by atoms with E-state index in [1.165, 1.54) is 0 Å². The van der Waals surface area contributed by atoms with Crippen molar-refractivity contribution < 1.29 is 4.79 Å². The van der Waals surface area contributed by atoms with E-state index in [0.717, 1.165) is 44.5 Å². The molecule has 1 rings (SSSR count). The molecule has 1 aromatic rings. The Hall–Kier alpha value is -1.58. The summed E-state index contributed by atoms with van der Waals surface area (Å²) in [4.78, 5) is 18.9. The maximum Gasteiger partial charge on any atom is 0.272 e. The average Bonchev–Trinajstić information content (AvgIpc) is 2.53. The van der Waals surface area contributed by atoms with Gasteiger partial charge in [-0.2, -0.15) is 0 Å². The van der Waals surface area contributed by atoms with Crippen molar-refractivity contribution in [1.29, 1.82) is 0 Å². The number of rotatable bonds is 9. The van der Waals surface area contributed by atoms with Crippen LogP contribution in [0.3, 0.4) is 0 Å². The summed E-state index contributed by atoms with van der Waals surface area (Å²) < 4.78 is 0. The fourth-order valence-corrected chi connectivity index (χ4v) is 2.11. The molecule has 0 aliphatic rings. The summed E-state index contributed by atoms with van der Waals surface area (Å²) >= 11 is 0. The molecule has 0 saturated heterocycles. The van der Waals surface area contributed by atoms with Crippen molar-refractivity contribution in [3.63, 3.8) is 0 Å². The molecule has 1 heterocycles. The summed E-state index contributed by atoms with van der Waals surface area (Å²) in [6.45, 7) is 10.2. The number of hydrogen-bond donors (Lipinski definition) is 1. The molecule has 1 aromatic heterocycles. The number of anilines is 1. The van der Waals surface area contributed by atoms with E-state index in [4.69, 9.17) is 0 Å². The van der Waals surface area contributed by atoms with Crippen LogP contribution < -0.4 is 5.32 Å². The molecule has 0 bridgehead atoms. The minimum absolute atomic E-state index is 0.0415. The first-order chi connectivity index (χ1) is 10.1. The van der Waals surface area contributed by atoms with Crippen molar-refractivity contribution in [3.8, 4) is 0 Å². The van der Waals surface area contributed by atoms with Gasteiger partial charge < -0.3 is 10.2 Å². The standard InChI is InChI=1S/C17H29N3O/c1-5-8-12-20(14(4)7-3)17(21)16-10-9-15(13-19-16)18-11-6-2/h9-10,13-14,18H,5-8,11-12H2,1-4H3. The first-order valence-electron chi connectivity index (χ1n) is 8.14. The highest BCUT2D eigenvalue weighted by molar-refractivity contribution is 5.92. The van der Waals surface area contributed by atoms with E-state index in [9.17, 15) is 4.79 Å². The lowest BCUT2D eigenvalue weighted by Gasteiger charge is -2.28. The summed E-state index contributed by atoms with van der Waals surface area (Å²) in [5, 5.41) is 3.27. The van der Waals surface area contributed by atoms with E-state index in [0.29, 0.717) is 5.69 Å². The van der Waals surface area contributed by atoms with Crippen LogP contribution in [0.5, 0.6) is 0 Å². The van der Waals surface area contributed by atoms with E-state index in [1.54, 1.807) is 6.20 Å². The number of pyridine rings is 1. The van der Waals surface area contributed by atoms with Crippen LogP contribution in [-0.4, -0.2) is 34.9 Å². The number of aromatic nitrogens is 1. The minimum Gasteiger partial charge on any atom is -0.384 e. The zero-order valence-corrected chi connectivity index (χ0v) is 13.9. The van der Waals surface area contributed by atoms with Crippen LogP contribution in [0, 0.1) is 0 Å². The molecule has 0 spiro atoms. The Morgan fingerprint density at radius 1 is 1.29 bits per heavy atom. The summed E-state index contributed by atoms with van der Waals surface area (Å²) in [7, 11) is 0. The van der Waals surface area contributed by atoms with Gasteiger partial charge in [-0.3, -0.25) is 4.79 Å². The van der Waals surface area contributed by atoms with Crippen LogP contribution in [0.15, 0.2) is 18.3 Å². The second kappa shape index (κ2) is 9.37. The van der Waals surface area contributed by atoms with Gasteiger partial charge in [0.1, 0.15) is 5.69 Å². The Labute approximate surface area is 129 Å². The first-order valence-corrected chi connectivity index (χ1v) is 8.14. The number of unbranched alkanes of at least 4 members (excludes halogenated alkanes) is 1. The molecule has 1 atom stereocenters. The maximum absolute atomic E-state index is 12.6. The lowest BCUT2D eigenvalue weighted by atomic mass is 10.1. The molecule has 0 aliphatic heterocycles. The molecule has 1 N–H and O–H groups in total. The van der Waals surface area contributed by atoms with Crippen LogP contribution in [0.1, 0.15) is 63.9 Å². The molecule has 1 unspecified atom stereocenters. The van der Waals surface area contributed by atoms with Crippen LogP contribution in [0.2, 0.25) is 0 Å². The summed E-state index contributed by atoms with van der Waals surface area (Å²) in [6, 6.07) is 4.01. The summed E-state index contributed by atoms with van der Waals surface area (Å²) in [6.07, 6.45) is 5.91. The van der Waals surface area contributed by atoms with Crippen LogP contribution in [0.4, 0.5) is 5.69 Å². The average molecular weight is 291 g/mol. The van der Waals surface area contributed by atoms with Crippen molar-refractivity contribution in [3.05, 3.63) is 24.0 Å². The van der Waals surface area contributed by atoms with Gasteiger partial charge in [-0.15, -0.1) is 0 Å². The molecular formula is C17H29N3O. The highest BCUT2D eigenvalue weighted by Gasteiger charge is 2.20. The minimum atomic E-state index is 0.0415. The molecule has 0 aliphatic carbocycles. The zero-order chi connectivity index (χ0) is 15.7. The van der Waals surface area contributed by atoms with E-state index >= 15 is 0 Å². The zero-order valence-electron chi connectivity index (χ0n) is 13.9. The van der Waals surface area contributed by atoms with E-state index in [1.807, 2.05) is 17.0 Å². The Kier molecular flexibility index (Phi) is 7.80. The van der Waals surface area contributed by atoms with E-state index < -0.39 is 0 Å². The molecular weight excluding hydrogens is 262 g/mol. The van der Waals surface area contributed by atoms with Gasteiger partial charge in [0.15, 0.2) is 0 Å². The number of carbonyl (C=O) groups is 1. The molecule has 21 heavy (non-hydrogen) atoms. The largest absolute Gasteiger partial charge is 0.384 e. The van der Waals surface area contributed by atoms with Crippen molar-refractivity contribution >= 4 is 11.6 Å². The summed E-state index contributed by atoms with van der Waals surface area (Å²) in [5.41, 5.74) is 1.51. The van der Waals surface area contributed by atoms with Gasteiger partial charge in [0.2, 0.25) is 0 Å². The Balaban J connectivity index is 2.77. The van der Waals surface area contributed by atoms with E-state index in [-0.39, 0.29) is 11.9 Å². The fourth-order valence-electron chi connectivity index (χ4n) is 2.11. The van der Waals surface area contributed by atoms with Crippen molar-refractivity contribution in [1.82, 2.24) is 9.88 Å². The molecule has 118 valence electrons. The first kappa shape index (κ1) is 17.5. The molecule has 0 saturated carbocycles. The van der Waals surface area contributed by atoms with Crippen LogP contribution >= 0.6 is 0 Å². The second-order valence-corrected chi connectivity index (χ2v) is 5.47. The molecule has 0 radical (unpaired) electrons. The molecule has 0 fully saturated rings. The van der Waals surface area contributed by atoms with Gasteiger partial charge in [-0.05, 0) is 38.3 Å². The van der Waals surface area contributed by atoms with Crippen molar-refractivity contribution in [2.45, 2.75) is 59.4 Å². The Bertz CT molecular complexity index is 417. The van der Waals surface area contributed by atoms with Crippen LogP contribution in [0.25, 0.3) is 0 Å². The topological polar surface area (TPSA) is 45.2 Å². The van der Waals surface area contributed by atoms with Crippen molar-refractivity contribution in [2.24, 2.45) is 0 Å². The molecule has 4 nitrogen and oxygen atoms in total. The SMILES string of the molecule is CCCCN(C(=O)c1ccc(NCCC)cn1)C(C)CC. The summed E-state index contributed by atoms with van der Waals surface area (Å²) in [5.74, 6) is 0.0415. The third-order valence-electron chi connectivity index (χ3n) is 3.70. The normalized spacial score (nSPS) is 12.0. The van der Waals surface area contributed by atoms with Gasteiger partial charge in [-0.25, -0.2) is 4.98 Å². The van der Waals surface area contributed by atoms with Gasteiger partial charge in [0, 0.05) is 19.1 Å². The Morgan fingerprint density at radius 2 is 2.05 bits per heavy atom. The number of hydrogen-bond acceptors (Lipinski definition) is 3. The maximum atomic E-state index is 12.6. The number of nitrogens with zero attached hydrogens (tertiary/aromatic N) is 2. The van der Waals surface area contributed by atoms with Gasteiger partial charge in [0.25, 0.3) is 5.91 Å². The highest BCUT2D eigenvalue weighted by atomic mass is 16.2. The number of carbonyl (C=O) groups excluding carboxylic acids is 1. The molecule has 1 amide bonds. The predicted molar refractivity (Wildman–Crippen MR) is 88.7 cm³/mol. The van der Waals surface area contributed by atoms with Crippen LogP contribution in [-0.2, 0) is 0 Å². The fraction of sp³-hybridized carbons (Fsp3) is 0.647. The second-order valence-electron chi connectivity index (χ2n) is 5.47. The lowest BCUT2D eigenvalue weighted by molar-refractivity contribution is 0.0679. The van der Waals surface area contributed by atoms with E-state index in [2.05, 4.69) is 38.0 Å². The number of amides is 1. The molecule has 0 aromatic carbocycles. The van der Waals surface area contributed by atoms with Gasteiger partial charge >= 0.3 is 0 Å². The van der Waals surface area contributed by atoms with Crippen molar-refractivity contribution in [2.75, 3.05) is 18.4 Å². The highest BCUT2D eigenvalue weighted by Crippen LogP contribution is 2.13. The predicted octanol–water partition coefficient (Wildman–Crippen LogP) is 3.94. The Morgan fingerprint density at radius 3 is 2.57 bits per heavy atom. The van der Waals surface area contributed by atoms with Gasteiger partial charge in [-0.1, -0.05) is 27.2 Å². The quantitative estimate of drug-likeness (QED) is 0.749. The molecule has 4 heteroatoms. The third-order valence-corrected chi connectivity index (χ3v) is 3.70. The third kappa shape index (κ3) is 5.37. The smallest absolute Gasteiger partial charge is 0.272 e. The number of nitrogens with one attached hydrogen (secondary N) is 1. The monoisotopic (exact) mass is 291 g/mol. The lowest BCUT2D eigenvalue weighted by Crippen LogP contribution is -2.39.